The Morgan fingerprint density at radius 1 is 1.19 bits per heavy atom. The van der Waals surface area contributed by atoms with Crippen LogP contribution in [0.4, 0.5) is 0 Å². The van der Waals surface area contributed by atoms with Crippen molar-refractivity contribution in [2.45, 2.75) is 17.2 Å². The van der Waals surface area contributed by atoms with Gasteiger partial charge in [-0.05, 0) is 17.5 Å². The minimum absolute atomic E-state index is 0.132. The molecule has 0 fully saturated rings. The van der Waals surface area contributed by atoms with Crippen LogP contribution in [-0.4, -0.2) is 5.33 Å². The SMILES string of the molecule is BrCc1cccc(C2(CBr)C=CC=CC2)c1. The van der Waals surface area contributed by atoms with Crippen LogP contribution in [0.1, 0.15) is 17.5 Å². The van der Waals surface area contributed by atoms with Gasteiger partial charge in [-0.1, -0.05) is 80.4 Å². The largest absolute Gasteiger partial charge is 0.0915 e. The van der Waals surface area contributed by atoms with Crippen LogP contribution >= 0.6 is 31.9 Å². The molecule has 1 unspecified atom stereocenters. The molecule has 0 aromatic heterocycles. The molecule has 1 aromatic rings. The third kappa shape index (κ3) is 2.33. The predicted molar refractivity (Wildman–Crippen MR) is 77.4 cm³/mol. The van der Waals surface area contributed by atoms with E-state index < -0.39 is 0 Å². The van der Waals surface area contributed by atoms with Crippen molar-refractivity contribution in [1.29, 1.82) is 0 Å². The van der Waals surface area contributed by atoms with Gasteiger partial charge in [0, 0.05) is 16.1 Å². The van der Waals surface area contributed by atoms with Crippen molar-refractivity contribution in [3.8, 4) is 0 Å². The molecule has 1 aromatic carbocycles. The normalized spacial score (nSPS) is 23.6. The molecule has 16 heavy (non-hydrogen) atoms. The lowest BCUT2D eigenvalue weighted by atomic mass is 9.77. The van der Waals surface area contributed by atoms with Crippen LogP contribution in [0, 0.1) is 0 Å². The Labute approximate surface area is 114 Å². The summed E-state index contributed by atoms with van der Waals surface area (Å²) in [5.74, 6) is 0. The summed E-state index contributed by atoms with van der Waals surface area (Å²) in [6.45, 7) is 0. The Morgan fingerprint density at radius 2 is 2.06 bits per heavy atom. The van der Waals surface area contributed by atoms with Gasteiger partial charge in [-0.15, -0.1) is 0 Å². The molecule has 84 valence electrons. The molecule has 0 N–H and O–H groups in total. The van der Waals surface area contributed by atoms with E-state index in [9.17, 15) is 0 Å². The summed E-state index contributed by atoms with van der Waals surface area (Å²) in [6.07, 6.45) is 9.87. The fourth-order valence-electron chi connectivity index (χ4n) is 2.02. The highest BCUT2D eigenvalue weighted by molar-refractivity contribution is 9.09. The van der Waals surface area contributed by atoms with Crippen LogP contribution < -0.4 is 0 Å². The maximum atomic E-state index is 3.65. The highest BCUT2D eigenvalue weighted by Gasteiger charge is 2.28. The molecule has 1 atom stereocenters. The van der Waals surface area contributed by atoms with Crippen molar-refractivity contribution >= 4 is 31.9 Å². The molecule has 1 aliphatic rings. The lowest BCUT2D eigenvalue weighted by molar-refractivity contribution is 0.615. The maximum absolute atomic E-state index is 3.65. The monoisotopic (exact) mass is 340 g/mol. The van der Waals surface area contributed by atoms with Crippen molar-refractivity contribution in [3.05, 3.63) is 59.7 Å². The van der Waals surface area contributed by atoms with Crippen molar-refractivity contribution < 1.29 is 0 Å². The molecule has 2 rings (SSSR count). The van der Waals surface area contributed by atoms with Crippen LogP contribution in [0.25, 0.3) is 0 Å². The van der Waals surface area contributed by atoms with Crippen molar-refractivity contribution in [1.82, 2.24) is 0 Å². The Hall–Kier alpha value is -0.340. The lowest BCUT2D eigenvalue weighted by Gasteiger charge is -2.30. The average Bonchev–Trinajstić information content (AvgIpc) is 2.39. The van der Waals surface area contributed by atoms with Gasteiger partial charge in [-0.2, -0.15) is 0 Å². The first-order chi connectivity index (χ1) is 7.80. The second-order valence-corrected chi connectivity index (χ2v) is 5.24. The fourth-order valence-corrected chi connectivity index (χ4v) is 3.11. The molecule has 0 amide bonds. The standard InChI is InChI=1S/C14H14Br2/c15-10-12-5-4-6-13(9-12)14(11-16)7-2-1-3-8-14/h1-7,9H,8,10-11H2. The molecule has 0 saturated carbocycles. The van der Waals surface area contributed by atoms with E-state index in [1.165, 1.54) is 11.1 Å². The molecule has 0 spiro atoms. The van der Waals surface area contributed by atoms with E-state index in [4.69, 9.17) is 0 Å². The van der Waals surface area contributed by atoms with E-state index in [2.05, 4.69) is 80.4 Å². The van der Waals surface area contributed by atoms with Gasteiger partial charge in [-0.3, -0.25) is 0 Å². The maximum Gasteiger partial charge on any atom is 0.0283 e. The quantitative estimate of drug-likeness (QED) is 0.697. The molecule has 0 nitrogen and oxygen atoms in total. The van der Waals surface area contributed by atoms with E-state index in [1.807, 2.05) is 0 Å². The topological polar surface area (TPSA) is 0 Å². The average molecular weight is 342 g/mol. The van der Waals surface area contributed by atoms with Gasteiger partial charge < -0.3 is 0 Å². The lowest BCUT2D eigenvalue weighted by Crippen LogP contribution is -2.26. The Kier molecular flexibility index (Phi) is 4.04. The summed E-state index contributed by atoms with van der Waals surface area (Å²) in [7, 11) is 0. The molecule has 2 heteroatoms. The first-order valence-electron chi connectivity index (χ1n) is 5.36. The summed E-state index contributed by atoms with van der Waals surface area (Å²) in [5, 5.41) is 1.88. The molecule has 0 aliphatic heterocycles. The summed E-state index contributed by atoms with van der Waals surface area (Å²) in [5.41, 5.74) is 2.86. The zero-order chi connectivity index (χ0) is 11.4. The van der Waals surface area contributed by atoms with Crippen molar-refractivity contribution in [3.63, 3.8) is 0 Å². The second kappa shape index (κ2) is 5.33. The van der Waals surface area contributed by atoms with E-state index >= 15 is 0 Å². The molecule has 0 heterocycles. The molecular formula is C14H14Br2. The van der Waals surface area contributed by atoms with Crippen molar-refractivity contribution in [2.75, 3.05) is 5.33 Å². The van der Waals surface area contributed by atoms with Crippen LogP contribution in [-0.2, 0) is 10.7 Å². The van der Waals surface area contributed by atoms with Crippen molar-refractivity contribution in [2.24, 2.45) is 0 Å². The third-order valence-electron chi connectivity index (χ3n) is 3.04. The zero-order valence-electron chi connectivity index (χ0n) is 9.00. The van der Waals surface area contributed by atoms with E-state index in [0.29, 0.717) is 0 Å². The van der Waals surface area contributed by atoms with E-state index in [-0.39, 0.29) is 5.41 Å². The van der Waals surface area contributed by atoms with Gasteiger partial charge in [-0.25, -0.2) is 0 Å². The first kappa shape index (κ1) is 12.1. The predicted octanol–water partition coefficient (Wildman–Crippen LogP) is 4.73. The number of allylic oxidation sites excluding steroid dienone is 4. The first-order valence-corrected chi connectivity index (χ1v) is 7.61. The van der Waals surface area contributed by atoms with E-state index in [0.717, 1.165) is 17.1 Å². The smallest absolute Gasteiger partial charge is 0.0283 e. The van der Waals surface area contributed by atoms with Gasteiger partial charge in [0.25, 0.3) is 0 Å². The molecule has 1 aliphatic carbocycles. The Balaban J connectivity index is 2.40. The number of halogens is 2. The molecular weight excluding hydrogens is 328 g/mol. The fraction of sp³-hybridized carbons (Fsp3) is 0.286. The van der Waals surface area contributed by atoms with Gasteiger partial charge in [0.1, 0.15) is 0 Å². The number of hydrogen-bond acceptors (Lipinski definition) is 0. The number of alkyl halides is 2. The van der Waals surface area contributed by atoms with Gasteiger partial charge >= 0.3 is 0 Å². The summed E-state index contributed by atoms with van der Waals surface area (Å²) in [4.78, 5) is 0. The van der Waals surface area contributed by atoms with Crippen LogP contribution in [0.2, 0.25) is 0 Å². The number of rotatable bonds is 3. The number of benzene rings is 1. The molecule has 0 saturated heterocycles. The van der Waals surface area contributed by atoms with Gasteiger partial charge in [0.05, 0.1) is 0 Å². The second-order valence-electron chi connectivity index (χ2n) is 4.12. The summed E-state index contributed by atoms with van der Waals surface area (Å²) in [6, 6.07) is 8.81. The third-order valence-corrected chi connectivity index (χ3v) is 4.69. The van der Waals surface area contributed by atoms with Crippen LogP contribution in [0.3, 0.4) is 0 Å². The van der Waals surface area contributed by atoms with Gasteiger partial charge in [0.2, 0.25) is 0 Å². The summed E-state index contributed by atoms with van der Waals surface area (Å²) < 4.78 is 0. The Bertz CT molecular complexity index is 420. The van der Waals surface area contributed by atoms with Crippen LogP contribution in [0.15, 0.2) is 48.6 Å². The highest BCUT2D eigenvalue weighted by Crippen LogP contribution is 2.35. The number of hydrogen-bond donors (Lipinski definition) is 0. The van der Waals surface area contributed by atoms with E-state index in [1.54, 1.807) is 0 Å². The Morgan fingerprint density at radius 3 is 2.69 bits per heavy atom. The minimum atomic E-state index is 0.132. The zero-order valence-corrected chi connectivity index (χ0v) is 12.2. The van der Waals surface area contributed by atoms with Gasteiger partial charge in [0.15, 0.2) is 0 Å². The summed E-state index contributed by atoms with van der Waals surface area (Å²) >= 11 is 7.17. The molecule has 0 bridgehead atoms. The molecule has 0 radical (unpaired) electrons. The van der Waals surface area contributed by atoms with Crippen LogP contribution in [0.5, 0.6) is 0 Å². The minimum Gasteiger partial charge on any atom is -0.0915 e. The highest BCUT2D eigenvalue weighted by atomic mass is 79.9.